The van der Waals surface area contributed by atoms with Gasteiger partial charge in [-0.3, -0.25) is 9.48 Å². The topological polar surface area (TPSA) is 67.2 Å². The Morgan fingerprint density at radius 2 is 2.10 bits per heavy atom. The van der Waals surface area contributed by atoms with E-state index in [1.165, 1.54) is 0 Å². The van der Waals surface area contributed by atoms with Gasteiger partial charge >= 0.3 is 0 Å². The summed E-state index contributed by atoms with van der Waals surface area (Å²) < 4.78 is 1.88. The standard InChI is InChI=1S/C13H16N6O/c1-17(2)12-5-4-11(15-16-12)13(20)18-8-10(9-18)19-7-3-6-14-19/h3-7,10H,8-9H2,1-2H3. The van der Waals surface area contributed by atoms with Gasteiger partial charge in [-0.1, -0.05) is 0 Å². The molecule has 20 heavy (non-hydrogen) atoms. The lowest BCUT2D eigenvalue weighted by molar-refractivity contribution is 0.0494. The average molecular weight is 272 g/mol. The van der Waals surface area contributed by atoms with Crippen LogP contribution >= 0.6 is 0 Å². The molecule has 0 unspecified atom stereocenters. The summed E-state index contributed by atoms with van der Waals surface area (Å²) in [5.74, 6) is 0.658. The lowest BCUT2D eigenvalue weighted by atomic mass is 10.1. The fourth-order valence-corrected chi connectivity index (χ4v) is 2.12. The van der Waals surface area contributed by atoms with Gasteiger partial charge in [0.15, 0.2) is 11.5 Å². The van der Waals surface area contributed by atoms with Gasteiger partial charge < -0.3 is 9.80 Å². The molecule has 0 saturated carbocycles. The number of hydrogen-bond acceptors (Lipinski definition) is 5. The van der Waals surface area contributed by atoms with Crippen molar-refractivity contribution in [3.63, 3.8) is 0 Å². The largest absolute Gasteiger partial charge is 0.361 e. The second-order valence-electron chi connectivity index (χ2n) is 5.02. The van der Waals surface area contributed by atoms with Crippen molar-refractivity contribution in [1.82, 2.24) is 24.9 Å². The molecule has 1 amide bonds. The van der Waals surface area contributed by atoms with Crippen molar-refractivity contribution >= 4 is 11.7 Å². The van der Waals surface area contributed by atoms with E-state index in [-0.39, 0.29) is 11.9 Å². The van der Waals surface area contributed by atoms with E-state index in [9.17, 15) is 4.79 Å². The Balaban J connectivity index is 1.63. The maximum Gasteiger partial charge on any atom is 0.274 e. The molecular formula is C13H16N6O. The summed E-state index contributed by atoms with van der Waals surface area (Å²) in [6, 6.07) is 5.66. The molecule has 1 aliphatic rings. The third-order valence-electron chi connectivity index (χ3n) is 3.38. The van der Waals surface area contributed by atoms with Gasteiger partial charge in [0.1, 0.15) is 0 Å². The Morgan fingerprint density at radius 1 is 1.30 bits per heavy atom. The summed E-state index contributed by atoms with van der Waals surface area (Å²) in [5.41, 5.74) is 0.384. The second-order valence-corrected chi connectivity index (χ2v) is 5.02. The molecule has 7 nitrogen and oxygen atoms in total. The monoisotopic (exact) mass is 272 g/mol. The van der Waals surface area contributed by atoms with Gasteiger partial charge in [0.25, 0.3) is 5.91 Å². The second kappa shape index (κ2) is 4.92. The summed E-state index contributed by atoms with van der Waals surface area (Å²) in [4.78, 5) is 15.8. The number of hydrogen-bond donors (Lipinski definition) is 0. The molecule has 0 bridgehead atoms. The maximum absolute atomic E-state index is 12.2. The maximum atomic E-state index is 12.2. The number of carbonyl (C=O) groups is 1. The van der Waals surface area contributed by atoms with Gasteiger partial charge in [-0.2, -0.15) is 5.10 Å². The Kier molecular flexibility index (Phi) is 3.09. The minimum Gasteiger partial charge on any atom is -0.361 e. The summed E-state index contributed by atoms with van der Waals surface area (Å²) in [6.45, 7) is 1.33. The Labute approximate surface area is 116 Å². The first-order chi connectivity index (χ1) is 9.65. The van der Waals surface area contributed by atoms with Gasteiger partial charge in [0.05, 0.1) is 6.04 Å². The number of likely N-dealkylation sites (tertiary alicyclic amines) is 1. The van der Waals surface area contributed by atoms with E-state index in [1.807, 2.05) is 35.9 Å². The van der Waals surface area contributed by atoms with Crippen LogP contribution in [-0.2, 0) is 0 Å². The van der Waals surface area contributed by atoms with E-state index in [1.54, 1.807) is 23.2 Å². The van der Waals surface area contributed by atoms with Crippen molar-refractivity contribution in [2.75, 3.05) is 32.1 Å². The van der Waals surface area contributed by atoms with Crippen LogP contribution in [0.25, 0.3) is 0 Å². The van der Waals surface area contributed by atoms with Crippen molar-refractivity contribution < 1.29 is 4.79 Å². The molecular weight excluding hydrogens is 256 g/mol. The van der Waals surface area contributed by atoms with Crippen LogP contribution in [0, 0.1) is 0 Å². The first-order valence-electron chi connectivity index (χ1n) is 6.44. The summed E-state index contributed by atoms with van der Waals surface area (Å²) >= 11 is 0. The molecule has 7 heteroatoms. The van der Waals surface area contributed by atoms with E-state index in [2.05, 4.69) is 15.3 Å². The third-order valence-corrected chi connectivity index (χ3v) is 3.38. The number of amides is 1. The van der Waals surface area contributed by atoms with Gasteiger partial charge in [0.2, 0.25) is 0 Å². The minimum atomic E-state index is -0.0776. The molecule has 0 aliphatic carbocycles. The lowest BCUT2D eigenvalue weighted by Crippen LogP contribution is -2.51. The van der Waals surface area contributed by atoms with E-state index in [0.29, 0.717) is 18.8 Å². The number of anilines is 1. The smallest absolute Gasteiger partial charge is 0.274 e. The average Bonchev–Trinajstić information content (AvgIpc) is 2.90. The molecule has 2 aromatic heterocycles. The number of carbonyl (C=O) groups excluding carboxylic acids is 1. The number of nitrogens with zero attached hydrogens (tertiary/aromatic N) is 6. The zero-order valence-corrected chi connectivity index (χ0v) is 11.5. The predicted octanol–water partition coefficient (Wildman–Crippen LogP) is 0.436. The van der Waals surface area contributed by atoms with E-state index in [4.69, 9.17) is 0 Å². The molecule has 104 valence electrons. The van der Waals surface area contributed by atoms with Crippen molar-refractivity contribution in [2.24, 2.45) is 0 Å². The fourth-order valence-electron chi connectivity index (χ4n) is 2.12. The third kappa shape index (κ3) is 2.22. The highest BCUT2D eigenvalue weighted by Crippen LogP contribution is 2.21. The molecule has 1 aliphatic heterocycles. The molecule has 0 radical (unpaired) electrons. The van der Waals surface area contributed by atoms with Crippen molar-refractivity contribution in [1.29, 1.82) is 0 Å². The highest BCUT2D eigenvalue weighted by atomic mass is 16.2. The first-order valence-corrected chi connectivity index (χ1v) is 6.44. The quantitative estimate of drug-likeness (QED) is 0.811. The van der Waals surface area contributed by atoms with Crippen molar-refractivity contribution in [2.45, 2.75) is 6.04 Å². The first kappa shape index (κ1) is 12.6. The Bertz CT molecular complexity index is 586. The molecule has 3 heterocycles. The predicted molar refractivity (Wildman–Crippen MR) is 73.5 cm³/mol. The SMILES string of the molecule is CN(C)c1ccc(C(=O)N2CC(n3cccn3)C2)nn1. The van der Waals surface area contributed by atoms with Crippen LogP contribution in [-0.4, -0.2) is 58.0 Å². The van der Waals surface area contributed by atoms with Gasteiger partial charge in [-0.05, 0) is 18.2 Å². The zero-order chi connectivity index (χ0) is 14.1. The van der Waals surface area contributed by atoms with Crippen LogP contribution in [0.4, 0.5) is 5.82 Å². The molecule has 3 rings (SSSR count). The molecule has 0 spiro atoms. The van der Waals surface area contributed by atoms with Crippen LogP contribution in [0.1, 0.15) is 16.5 Å². The van der Waals surface area contributed by atoms with Crippen LogP contribution in [0.3, 0.4) is 0 Å². The summed E-state index contributed by atoms with van der Waals surface area (Å²) in [6.07, 6.45) is 3.66. The van der Waals surface area contributed by atoms with E-state index < -0.39 is 0 Å². The molecule has 0 N–H and O–H groups in total. The van der Waals surface area contributed by atoms with Crippen molar-refractivity contribution in [3.8, 4) is 0 Å². The van der Waals surface area contributed by atoms with Crippen LogP contribution in [0.5, 0.6) is 0 Å². The molecule has 0 aromatic carbocycles. The van der Waals surface area contributed by atoms with Crippen LogP contribution < -0.4 is 4.90 Å². The highest BCUT2D eigenvalue weighted by molar-refractivity contribution is 5.92. The van der Waals surface area contributed by atoms with Gasteiger partial charge in [-0.15, -0.1) is 10.2 Å². The molecule has 2 aromatic rings. The van der Waals surface area contributed by atoms with Crippen molar-refractivity contribution in [3.05, 3.63) is 36.3 Å². The molecule has 1 fully saturated rings. The zero-order valence-electron chi connectivity index (χ0n) is 11.5. The Hall–Kier alpha value is -2.44. The lowest BCUT2D eigenvalue weighted by Gasteiger charge is -2.38. The Morgan fingerprint density at radius 3 is 2.65 bits per heavy atom. The highest BCUT2D eigenvalue weighted by Gasteiger charge is 2.33. The van der Waals surface area contributed by atoms with Crippen LogP contribution in [0.2, 0.25) is 0 Å². The summed E-state index contributed by atoms with van der Waals surface area (Å²) in [7, 11) is 3.77. The number of rotatable bonds is 3. The molecule has 1 saturated heterocycles. The van der Waals surface area contributed by atoms with Crippen LogP contribution in [0.15, 0.2) is 30.6 Å². The van der Waals surface area contributed by atoms with Gasteiger partial charge in [0, 0.05) is 39.6 Å². The minimum absolute atomic E-state index is 0.0776. The van der Waals surface area contributed by atoms with E-state index in [0.717, 1.165) is 5.82 Å². The number of aromatic nitrogens is 4. The molecule has 0 atom stereocenters. The van der Waals surface area contributed by atoms with E-state index >= 15 is 0 Å². The summed E-state index contributed by atoms with van der Waals surface area (Å²) in [5, 5.41) is 12.2. The fraction of sp³-hybridized carbons (Fsp3) is 0.385. The van der Waals surface area contributed by atoms with Gasteiger partial charge in [-0.25, -0.2) is 0 Å². The normalized spacial score (nSPS) is 15.0.